The molecule has 3 rings (SSSR count). The molecule has 1 aromatic rings. The zero-order chi connectivity index (χ0) is 16.8. The predicted octanol–water partition coefficient (Wildman–Crippen LogP) is 6.96. The normalized spacial score (nSPS) is 28.6. The Morgan fingerprint density at radius 2 is 1.43 bits per heavy atom. The van der Waals surface area contributed by atoms with Gasteiger partial charge < -0.3 is 0 Å². The Bertz CT molecular complexity index is 643. The van der Waals surface area contributed by atoms with Crippen LogP contribution in [0.1, 0.15) is 53.0 Å². The molecule has 0 heterocycles. The fraction of sp³-hybridized carbons (Fsp3) is 0.545. The van der Waals surface area contributed by atoms with Gasteiger partial charge in [-0.1, -0.05) is 73.5 Å². The Hall–Kier alpha value is -0.820. The van der Waals surface area contributed by atoms with E-state index in [0.29, 0.717) is 22.7 Å². The predicted molar refractivity (Wildman–Crippen MR) is 103 cm³/mol. The maximum atomic E-state index is 3.53. The summed E-state index contributed by atoms with van der Waals surface area (Å²) in [7, 11) is 0. The van der Waals surface area contributed by atoms with Gasteiger partial charge in [0, 0.05) is 4.47 Å². The van der Waals surface area contributed by atoms with Crippen molar-refractivity contribution in [1.82, 2.24) is 0 Å². The van der Waals surface area contributed by atoms with Crippen molar-refractivity contribution in [2.45, 2.75) is 53.9 Å². The van der Waals surface area contributed by atoms with Gasteiger partial charge >= 0.3 is 0 Å². The van der Waals surface area contributed by atoms with Crippen LogP contribution in [0.5, 0.6) is 0 Å². The second kappa shape index (κ2) is 5.92. The second-order valence-corrected chi connectivity index (χ2v) is 9.79. The topological polar surface area (TPSA) is 0 Å². The first-order valence-corrected chi connectivity index (χ1v) is 9.62. The summed E-state index contributed by atoms with van der Waals surface area (Å²) in [5.41, 5.74) is 5.24. The van der Waals surface area contributed by atoms with Crippen molar-refractivity contribution in [2.24, 2.45) is 22.7 Å². The van der Waals surface area contributed by atoms with Crippen molar-refractivity contribution < 1.29 is 0 Å². The van der Waals surface area contributed by atoms with E-state index in [9.17, 15) is 0 Å². The quantitative estimate of drug-likeness (QED) is 0.526. The fourth-order valence-corrected chi connectivity index (χ4v) is 4.62. The largest absolute Gasteiger partial charge is 0.0771 e. The summed E-state index contributed by atoms with van der Waals surface area (Å²) in [5, 5.41) is 0. The van der Waals surface area contributed by atoms with Crippen molar-refractivity contribution in [3.8, 4) is 0 Å². The fourth-order valence-electron chi connectivity index (χ4n) is 4.35. The number of hydrogen-bond acceptors (Lipinski definition) is 0. The maximum Gasteiger partial charge on any atom is 0.0175 e. The lowest BCUT2D eigenvalue weighted by Gasteiger charge is -2.52. The van der Waals surface area contributed by atoms with Crippen LogP contribution in [0.2, 0.25) is 0 Å². The third-order valence-corrected chi connectivity index (χ3v) is 6.76. The number of halogens is 1. The van der Waals surface area contributed by atoms with Gasteiger partial charge in [-0.2, -0.15) is 0 Å². The van der Waals surface area contributed by atoms with Gasteiger partial charge in [-0.05, 0) is 72.1 Å². The first-order chi connectivity index (χ1) is 10.7. The van der Waals surface area contributed by atoms with Gasteiger partial charge in [0.15, 0.2) is 0 Å². The highest BCUT2D eigenvalue weighted by Gasteiger charge is 2.46. The summed E-state index contributed by atoms with van der Waals surface area (Å²) >= 11 is 3.53. The van der Waals surface area contributed by atoms with E-state index in [0.717, 1.165) is 10.9 Å². The standard InChI is InChI=1S/C22H29Br/c1-15-12-19-20(22(4,5)11-10-21(19,2)3)14-17(15)13-16-6-8-18(23)9-7-16/h6-9,12,14,19-20H,10-11,13H2,1-5H3. The van der Waals surface area contributed by atoms with Gasteiger partial charge in [-0.15, -0.1) is 0 Å². The van der Waals surface area contributed by atoms with Crippen LogP contribution in [-0.2, 0) is 6.42 Å². The lowest BCUT2D eigenvalue weighted by Crippen LogP contribution is -2.44. The van der Waals surface area contributed by atoms with E-state index in [2.05, 4.69) is 87.0 Å². The first kappa shape index (κ1) is 17.0. The van der Waals surface area contributed by atoms with Crippen molar-refractivity contribution in [3.63, 3.8) is 0 Å². The minimum Gasteiger partial charge on any atom is -0.0771 e. The van der Waals surface area contributed by atoms with Crippen molar-refractivity contribution in [1.29, 1.82) is 0 Å². The zero-order valence-corrected chi connectivity index (χ0v) is 16.7. The highest BCUT2D eigenvalue weighted by atomic mass is 79.9. The highest BCUT2D eigenvalue weighted by molar-refractivity contribution is 9.10. The van der Waals surface area contributed by atoms with Gasteiger partial charge in [0.2, 0.25) is 0 Å². The number of hydrogen-bond donors (Lipinski definition) is 0. The van der Waals surface area contributed by atoms with E-state index < -0.39 is 0 Å². The molecule has 0 nitrogen and oxygen atoms in total. The number of fused-ring (bicyclic) bond motifs is 1. The van der Waals surface area contributed by atoms with E-state index in [-0.39, 0.29) is 0 Å². The van der Waals surface area contributed by atoms with E-state index in [4.69, 9.17) is 0 Å². The molecule has 2 atom stereocenters. The minimum atomic E-state index is 0.405. The summed E-state index contributed by atoms with van der Waals surface area (Å²) in [5.74, 6) is 1.35. The van der Waals surface area contributed by atoms with Crippen molar-refractivity contribution >= 4 is 15.9 Å². The summed E-state index contributed by atoms with van der Waals surface area (Å²) in [6.07, 6.45) is 8.91. The van der Waals surface area contributed by atoms with Crippen LogP contribution < -0.4 is 0 Å². The average Bonchev–Trinajstić information content (AvgIpc) is 2.48. The molecule has 0 radical (unpaired) electrons. The molecule has 1 aromatic carbocycles. The Balaban J connectivity index is 1.92. The van der Waals surface area contributed by atoms with Crippen LogP contribution in [0.25, 0.3) is 0 Å². The van der Waals surface area contributed by atoms with E-state index in [1.165, 1.54) is 29.6 Å². The molecule has 0 spiro atoms. The smallest absolute Gasteiger partial charge is 0.0175 e. The molecule has 2 unspecified atom stereocenters. The molecule has 0 saturated heterocycles. The average molecular weight is 373 g/mol. The van der Waals surface area contributed by atoms with Crippen LogP contribution in [-0.4, -0.2) is 0 Å². The summed E-state index contributed by atoms with van der Waals surface area (Å²) in [6, 6.07) is 8.77. The number of rotatable bonds is 2. The molecule has 1 fully saturated rings. The highest BCUT2D eigenvalue weighted by Crippen LogP contribution is 2.55. The third-order valence-electron chi connectivity index (χ3n) is 6.23. The summed E-state index contributed by atoms with van der Waals surface area (Å²) < 4.78 is 1.15. The molecule has 0 N–H and O–H groups in total. The molecule has 1 saturated carbocycles. The Labute approximate surface area is 150 Å². The molecule has 0 amide bonds. The molecule has 23 heavy (non-hydrogen) atoms. The third kappa shape index (κ3) is 3.36. The Kier molecular flexibility index (Phi) is 4.38. The molecule has 2 aliphatic rings. The lowest BCUT2D eigenvalue weighted by molar-refractivity contribution is 0.0320. The molecule has 0 aliphatic heterocycles. The first-order valence-electron chi connectivity index (χ1n) is 8.83. The van der Waals surface area contributed by atoms with Crippen LogP contribution in [0.3, 0.4) is 0 Å². The molecule has 1 heteroatoms. The summed E-state index contributed by atoms with van der Waals surface area (Å²) in [6.45, 7) is 12.1. The Morgan fingerprint density at radius 3 is 2.00 bits per heavy atom. The van der Waals surface area contributed by atoms with Crippen molar-refractivity contribution in [2.75, 3.05) is 0 Å². The van der Waals surface area contributed by atoms with Crippen LogP contribution in [0.4, 0.5) is 0 Å². The number of benzene rings is 1. The van der Waals surface area contributed by atoms with Crippen LogP contribution >= 0.6 is 15.9 Å². The molecule has 2 aliphatic carbocycles. The molecule has 0 bridgehead atoms. The van der Waals surface area contributed by atoms with Gasteiger partial charge in [-0.3, -0.25) is 0 Å². The van der Waals surface area contributed by atoms with Gasteiger partial charge in [0.1, 0.15) is 0 Å². The SMILES string of the molecule is CC1=CC2C(C=C1Cc1ccc(Br)cc1)C(C)(C)CCC2(C)C. The summed E-state index contributed by atoms with van der Waals surface area (Å²) in [4.78, 5) is 0. The Morgan fingerprint density at radius 1 is 0.913 bits per heavy atom. The van der Waals surface area contributed by atoms with Crippen LogP contribution in [0.15, 0.2) is 52.0 Å². The van der Waals surface area contributed by atoms with Gasteiger partial charge in [0.05, 0.1) is 0 Å². The lowest BCUT2D eigenvalue weighted by atomic mass is 9.52. The van der Waals surface area contributed by atoms with Crippen molar-refractivity contribution in [3.05, 3.63) is 57.6 Å². The van der Waals surface area contributed by atoms with E-state index >= 15 is 0 Å². The van der Waals surface area contributed by atoms with Gasteiger partial charge in [0.25, 0.3) is 0 Å². The van der Waals surface area contributed by atoms with E-state index in [1.54, 1.807) is 0 Å². The number of allylic oxidation sites excluding steroid dienone is 4. The molecule has 124 valence electrons. The maximum absolute atomic E-state index is 3.53. The monoisotopic (exact) mass is 372 g/mol. The molecular weight excluding hydrogens is 344 g/mol. The second-order valence-electron chi connectivity index (χ2n) is 8.87. The van der Waals surface area contributed by atoms with E-state index in [1.807, 2.05) is 0 Å². The van der Waals surface area contributed by atoms with Gasteiger partial charge in [-0.25, -0.2) is 0 Å². The van der Waals surface area contributed by atoms with Crippen LogP contribution in [0, 0.1) is 22.7 Å². The minimum absolute atomic E-state index is 0.405. The zero-order valence-electron chi connectivity index (χ0n) is 15.1. The molecule has 0 aromatic heterocycles. The molecular formula is C22H29Br.